The van der Waals surface area contributed by atoms with Crippen LogP contribution in [0.5, 0.6) is 0 Å². The average molecular weight is 687 g/mol. The number of rotatable bonds is 29. The summed E-state index contributed by atoms with van der Waals surface area (Å²) in [5, 5.41) is 0. The average Bonchev–Trinajstić information content (AvgIpc) is 3.05. The Labute approximate surface area is 289 Å². The molecule has 8 nitrogen and oxygen atoms in total. The quantitative estimate of drug-likeness (QED) is 0.0262. The van der Waals surface area contributed by atoms with Gasteiger partial charge < -0.3 is 19.3 Å². The van der Waals surface area contributed by atoms with Crippen molar-refractivity contribution >= 4 is 19.8 Å². The molecule has 0 aliphatic heterocycles. The number of carbonyl (C=O) groups is 2. The highest BCUT2D eigenvalue weighted by atomic mass is 31.2. The van der Waals surface area contributed by atoms with Gasteiger partial charge in [-0.25, -0.2) is 4.57 Å². The molecule has 1 unspecified atom stereocenters. The van der Waals surface area contributed by atoms with Gasteiger partial charge in [0.1, 0.15) is 6.61 Å². The van der Waals surface area contributed by atoms with E-state index in [4.69, 9.17) is 19.3 Å². The molecule has 48 heavy (non-hydrogen) atoms. The summed E-state index contributed by atoms with van der Waals surface area (Å²) in [6, 6.07) is 0. The molecule has 0 heterocycles. The van der Waals surface area contributed by atoms with Gasteiger partial charge in [0.2, 0.25) is 0 Å². The van der Waals surface area contributed by atoms with Gasteiger partial charge in [-0.3, -0.25) is 14.1 Å². The lowest BCUT2D eigenvalue weighted by Crippen LogP contribution is -2.29. The number of carbonyl (C=O) groups excluding carboxylic acids is 2. The number of ether oxygens (including phenoxy) is 2. The third-order valence-electron chi connectivity index (χ3n) is 6.40. The van der Waals surface area contributed by atoms with Gasteiger partial charge in [0.15, 0.2) is 6.10 Å². The Morgan fingerprint density at radius 3 is 1.60 bits per heavy atom. The van der Waals surface area contributed by atoms with E-state index in [-0.39, 0.29) is 19.4 Å². The molecule has 9 heteroatoms. The van der Waals surface area contributed by atoms with Crippen molar-refractivity contribution in [3.63, 3.8) is 0 Å². The summed E-state index contributed by atoms with van der Waals surface area (Å²) >= 11 is 0. The highest BCUT2D eigenvalue weighted by Crippen LogP contribution is 2.35. The number of hydrogen-bond acceptors (Lipinski definition) is 6. The highest BCUT2D eigenvalue weighted by Gasteiger charge is 2.22. The van der Waals surface area contributed by atoms with E-state index >= 15 is 0 Å². The van der Waals surface area contributed by atoms with E-state index in [0.29, 0.717) is 25.7 Å². The lowest BCUT2D eigenvalue weighted by molar-refractivity contribution is -0.161. The summed E-state index contributed by atoms with van der Waals surface area (Å²) in [4.78, 5) is 42.5. The van der Waals surface area contributed by atoms with Crippen molar-refractivity contribution in [2.45, 2.75) is 110 Å². The summed E-state index contributed by atoms with van der Waals surface area (Å²) in [5.41, 5.74) is 0. The molecule has 0 aromatic carbocycles. The Kier molecular flexibility index (Phi) is 31.3. The molecule has 1 atom stereocenters. The standard InChI is InChI=1S/C39H59O8P/c1-3-5-7-9-11-13-15-17-18-19-20-22-23-25-27-29-31-33-38(40)45-35-37(36-46-48(42,43)44)47-39(41)34-32-30-28-26-24-21-16-14-12-10-8-6-4-2/h6,8,10-14,16-18,20-22,24-28,37H,3-5,7,9,15,19,23,29-36H2,1-2H3,(H2,42,43,44)/b8-6+,12-10+,13-11+,16-14+,18-17+,22-20+,24-21+,27-25+,28-26+. The Hall–Kier alpha value is -3.29. The summed E-state index contributed by atoms with van der Waals surface area (Å²) in [5.74, 6) is -1.05. The Bertz CT molecular complexity index is 1130. The van der Waals surface area contributed by atoms with E-state index in [1.807, 2.05) is 60.8 Å². The van der Waals surface area contributed by atoms with E-state index in [1.54, 1.807) is 0 Å². The molecule has 268 valence electrons. The van der Waals surface area contributed by atoms with Gasteiger partial charge in [-0.15, -0.1) is 0 Å². The Balaban J connectivity index is 4.26. The smallest absolute Gasteiger partial charge is 0.462 e. The molecule has 2 N–H and O–H groups in total. The van der Waals surface area contributed by atoms with E-state index in [9.17, 15) is 14.2 Å². The van der Waals surface area contributed by atoms with Crippen LogP contribution in [0, 0.1) is 0 Å². The number of unbranched alkanes of at least 4 members (excludes halogenated alkanes) is 5. The van der Waals surface area contributed by atoms with Gasteiger partial charge >= 0.3 is 19.8 Å². The van der Waals surface area contributed by atoms with Gasteiger partial charge in [0.05, 0.1) is 6.61 Å². The molecule has 0 bridgehead atoms. The minimum atomic E-state index is -4.79. The van der Waals surface area contributed by atoms with Crippen LogP contribution in [-0.2, 0) is 28.2 Å². The van der Waals surface area contributed by atoms with Crippen LogP contribution >= 0.6 is 7.82 Å². The first-order valence-corrected chi connectivity index (χ1v) is 18.8. The SMILES string of the molecule is CC/C=C/C=C/C=C/C=C/C=C/CCCC(=O)OC(COC(=O)CCC/C=C/C/C=C/C/C=C/C/C=C/CCCCC)COP(=O)(O)O. The maximum atomic E-state index is 12.3. The van der Waals surface area contributed by atoms with Crippen LogP contribution in [-0.4, -0.2) is 41.0 Å². The van der Waals surface area contributed by atoms with Gasteiger partial charge in [-0.1, -0.05) is 136 Å². The third kappa shape index (κ3) is 35.6. The topological polar surface area (TPSA) is 119 Å². The summed E-state index contributed by atoms with van der Waals surface area (Å²) in [6.07, 6.45) is 46.8. The number of hydrogen-bond donors (Lipinski definition) is 2. The molecule has 0 aromatic rings. The number of phosphoric ester groups is 1. The molecule has 0 saturated carbocycles. The van der Waals surface area contributed by atoms with Crippen LogP contribution in [0.15, 0.2) is 109 Å². The normalized spacial score (nSPS) is 13.8. The predicted molar refractivity (Wildman–Crippen MR) is 197 cm³/mol. The molecule has 0 saturated heterocycles. The molecule has 0 spiro atoms. The largest absolute Gasteiger partial charge is 0.469 e. The number of allylic oxidation sites excluding steroid dienone is 18. The predicted octanol–water partition coefficient (Wildman–Crippen LogP) is 10.1. The Morgan fingerprint density at radius 1 is 0.583 bits per heavy atom. The maximum Gasteiger partial charge on any atom is 0.469 e. The fourth-order valence-corrected chi connectivity index (χ4v) is 4.22. The fourth-order valence-electron chi connectivity index (χ4n) is 3.86. The van der Waals surface area contributed by atoms with E-state index < -0.39 is 32.5 Å². The second-order valence-electron chi connectivity index (χ2n) is 10.9. The first-order chi connectivity index (χ1) is 23.3. The molecule has 0 aliphatic rings. The summed E-state index contributed by atoms with van der Waals surface area (Å²) in [6.45, 7) is 3.36. The van der Waals surface area contributed by atoms with Crippen molar-refractivity contribution in [1.82, 2.24) is 0 Å². The molecule has 0 rings (SSSR count). The summed E-state index contributed by atoms with van der Waals surface area (Å²) < 4.78 is 26.1. The molecule has 0 fully saturated rings. The van der Waals surface area contributed by atoms with Crippen molar-refractivity contribution in [3.8, 4) is 0 Å². The molecular weight excluding hydrogens is 627 g/mol. The van der Waals surface area contributed by atoms with Crippen LogP contribution in [0.3, 0.4) is 0 Å². The van der Waals surface area contributed by atoms with Crippen molar-refractivity contribution < 1.29 is 37.9 Å². The van der Waals surface area contributed by atoms with Crippen molar-refractivity contribution in [2.24, 2.45) is 0 Å². The van der Waals surface area contributed by atoms with Crippen LogP contribution < -0.4 is 0 Å². The monoisotopic (exact) mass is 686 g/mol. The zero-order valence-corrected chi connectivity index (χ0v) is 30.0. The van der Waals surface area contributed by atoms with Gasteiger partial charge in [0, 0.05) is 12.8 Å². The van der Waals surface area contributed by atoms with E-state index in [2.05, 4.69) is 67.0 Å². The maximum absolute atomic E-state index is 12.3. The lowest BCUT2D eigenvalue weighted by atomic mass is 10.2. The van der Waals surface area contributed by atoms with Crippen LogP contribution in [0.25, 0.3) is 0 Å². The van der Waals surface area contributed by atoms with E-state index in [0.717, 1.165) is 32.1 Å². The first-order valence-electron chi connectivity index (χ1n) is 17.2. The third-order valence-corrected chi connectivity index (χ3v) is 6.89. The van der Waals surface area contributed by atoms with Gasteiger partial charge in [-0.05, 0) is 64.2 Å². The molecule has 0 amide bonds. The first kappa shape index (κ1) is 44.7. The molecular formula is C39H59O8P. The highest BCUT2D eigenvalue weighted by molar-refractivity contribution is 7.46. The summed E-state index contributed by atoms with van der Waals surface area (Å²) in [7, 11) is -4.79. The van der Waals surface area contributed by atoms with Crippen molar-refractivity contribution in [3.05, 3.63) is 109 Å². The fraction of sp³-hybridized carbons (Fsp3) is 0.487. The lowest BCUT2D eigenvalue weighted by Gasteiger charge is -2.18. The zero-order valence-electron chi connectivity index (χ0n) is 29.1. The molecule has 0 aliphatic carbocycles. The van der Waals surface area contributed by atoms with Gasteiger partial charge in [-0.2, -0.15) is 0 Å². The minimum Gasteiger partial charge on any atom is -0.462 e. The van der Waals surface area contributed by atoms with Gasteiger partial charge in [0.25, 0.3) is 0 Å². The molecule has 0 aromatic heterocycles. The number of esters is 2. The second-order valence-corrected chi connectivity index (χ2v) is 12.1. The van der Waals surface area contributed by atoms with Crippen LogP contribution in [0.2, 0.25) is 0 Å². The second kappa shape index (κ2) is 33.6. The van der Waals surface area contributed by atoms with Crippen molar-refractivity contribution in [1.29, 1.82) is 0 Å². The van der Waals surface area contributed by atoms with E-state index in [1.165, 1.54) is 19.3 Å². The molecule has 0 radical (unpaired) electrons. The van der Waals surface area contributed by atoms with Crippen LogP contribution in [0.4, 0.5) is 0 Å². The number of phosphoric acid groups is 1. The minimum absolute atomic E-state index is 0.0967. The zero-order chi connectivity index (χ0) is 35.4. The Morgan fingerprint density at radius 2 is 1.06 bits per heavy atom. The van der Waals surface area contributed by atoms with Crippen LogP contribution in [0.1, 0.15) is 104 Å². The van der Waals surface area contributed by atoms with Crippen molar-refractivity contribution in [2.75, 3.05) is 13.2 Å².